The molecule has 0 fully saturated rings. The van der Waals surface area contributed by atoms with Gasteiger partial charge in [0.05, 0.1) is 5.69 Å². The van der Waals surface area contributed by atoms with E-state index in [1.165, 1.54) is 0 Å². The van der Waals surface area contributed by atoms with E-state index in [1.807, 2.05) is 58.0 Å². The minimum Gasteiger partial charge on any atom is -0.361 e. The number of aromatic nitrogens is 3. The molecular weight excluding hydrogens is 368 g/mol. The smallest absolute Gasteiger partial charge is 0.224 e. The number of aryl methyl sites for hydroxylation is 3. The van der Waals surface area contributed by atoms with Gasteiger partial charge in [-0.2, -0.15) is 4.98 Å². The van der Waals surface area contributed by atoms with Gasteiger partial charge in [0, 0.05) is 41.7 Å². The quantitative estimate of drug-likeness (QED) is 0.527. The normalized spacial score (nSPS) is 10.6. The Morgan fingerprint density at radius 3 is 2.45 bits per heavy atom. The maximum atomic E-state index is 12.2. The second-order valence-corrected chi connectivity index (χ2v) is 6.80. The van der Waals surface area contributed by atoms with Gasteiger partial charge in [-0.3, -0.25) is 4.79 Å². The Bertz CT molecular complexity index is 962. The summed E-state index contributed by atoms with van der Waals surface area (Å²) in [6.45, 7) is 8.43. The van der Waals surface area contributed by atoms with Crippen molar-refractivity contribution >= 4 is 29.0 Å². The number of hydrogen-bond donors (Lipinski definition) is 3. The molecule has 0 aliphatic rings. The van der Waals surface area contributed by atoms with Crippen LogP contribution in [0.1, 0.15) is 36.1 Å². The van der Waals surface area contributed by atoms with Gasteiger partial charge in [-0.25, -0.2) is 4.98 Å². The van der Waals surface area contributed by atoms with Crippen LogP contribution in [0.15, 0.2) is 34.9 Å². The Morgan fingerprint density at radius 1 is 1.07 bits per heavy atom. The Kier molecular flexibility index (Phi) is 6.43. The highest BCUT2D eigenvalue weighted by Crippen LogP contribution is 2.20. The summed E-state index contributed by atoms with van der Waals surface area (Å²) >= 11 is 0. The minimum atomic E-state index is -0.0487. The molecule has 1 amide bonds. The molecule has 0 saturated carbocycles. The summed E-state index contributed by atoms with van der Waals surface area (Å²) in [5, 5.41) is 13.2. The van der Waals surface area contributed by atoms with Crippen molar-refractivity contribution in [3.05, 3.63) is 53.0 Å². The minimum absolute atomic E-state index is 0.0487. The van der Waals surface area contributed by atoms with Crippen LogP contribution in [0.3, 0.4) is 0 Å². The van der Waals surface area contributed by atoms with Crippen LogP contribution in [0.2, 0.25) is 0 Å². The highest BCUT2D eigenvalue weighted by Gasteiger charge is 2.11. The van der Waals surface area contributed by atoms with Crippen LogP contribution in [0, 0.1) is 20.8 Å². The zero-order chi connectivity index (χ0) is 20.8. The molecule has 0 aliphatic heterocycles. The van der Waals surface area contributed by atoms with Crippen LogP contribution in [-0.2, 0) is 11.2 Å². The molecule has 3 N–H and O–H groups in total. The number of nitrogens with zero attached hydrogens (tertiary/aromatic N) is 3. The number of benzene rings is 1. The van der Waals surface area contributed by atoms with Crippen LogP contribution in [0.4, 0.5) is 23.1 Å². The lowest BCUT2D eigenvalue weighted by Gasteiger charge is -2.10. The van der Waals surface area contributed by atoms with E-state index in [-0.39, 0.29) is 5.91 Å². The molecule has 3 rings (SSSR count). The summed E-state index contributed by atoms with van der Waals surface area (Å²) in [5.41, 5.74) is 4.33. The van der Waals surface area contributed by atoms with Crippen molar-refractivity contribution in [3.63, 3.8) is 0 Å². The predicted molar refractivity (Wildman–Crippen MR) is 114 cm³/mol. The lowest BCUT2D eigenvalue weighted by molar-refractivity contribution is -0.116. The number of anilines is 4. The molecule has 0 atom stereocenters. The number of nitrogens with one attached hydrogen (secondary N) is 3. The highest BCUT2D eigenvalue weighted by atomic mass is 16.5. The van der Waals surface area contributed by atoms with E-state index in [0.29, 0.717) is 24.6 Å². The third-order valence-corrected chi connectivity index (χ3v) is 4.41. The average molecular weight is 394 g/mol. The Hall–Kier alpha value is -3.42. The fraction of sp³-hybridized carbons (Fsp3) is 0.333. The van der Waals surface area contributed by atoms with E-state index >= 15 is 0 Å². The number of carbonyl (C=O) groups excluding carboxylic acids is 1. The van der Waals surface area contributed by atoms with Crippen molar-refractivity contribution in [2.45, 2.75) is 40.5 Å². The summed E-state index contributed by atoms with van der Waals surface area (Å²) in [6, 6.07) is 9.39. The molecule has 152 valence electrons. The molecule has 0 unspecified atom stereocenters. The Morgan fingerprint density at radius 2 is 1.79 bits per heavy atom. The van der Waals surface area contributed by atoms with Gasteiger partial charge in [0.25, 0.3) is 0 Å². The molecule has 0 bridgehead atoms. The first-order valence-electron chi connectivity index (χ1n) is 9.63. The summed E-state index contributed by atoms with van der Waals surface area (Å²) < 4.78 is 5.13. The summed E-state index contributed by atoms with van der Waals surface area (Å²) in [5.74, 6) is 2.03. The van der Waals surface area contributed by atoms with Gasteiger partial charge in [-0.15, -0.1) is 0 Å². The monoisotopic (exact) mass is 394 g/mol. The molecule has 2 aromatic heterocycles. The van der Waals surface area contributed by atoms with Crippen molar-refractivity contribution in [1.29, 1.82) is 0 Å². The lowest BCUT2D eigenvalue weighted by Crippen LogP contribution is -2.12. The maximum Gasteiger partial charge on any atom is 0.224 e. The third-order valence-electron chi connectivity index (χ3n) is 4.41. The first-order valence-corrected chi connectivity index (χ1v) is 9.63. The number of carbonyl (C=O) groups is 1. The molecule has 0 aliphatic carbocycles. The Labute approximate surface area is 170 Å². The van der Waals surface area contributed by atoms with Gasteiger partial charge >= 0.3 is 0 Å². The van der Waals surface area contributed by atoms with Crippen molar-refractivity contribution in [3.8, 4) is 0 Å². The first kappa shape index (κ1) is 20.3. The van der Waals surface area contributed by atoms with E-state index in [9.17, 15) is 4.79 Å². The fourth-order valence-electron chi connectivity index (χ4n) is 2.98. The largest absolute Gasteiger partial charge is 0.361 e. The van der Waals surface area contributed by atoms with Crippen LogP contribution < -0.4 is 16.0 Å². The first-order chi connectivity index (χ1) is 13.9. The van der Waals surface area contributed by atoms with Gasteiger partial charge in [0.15, 0.2) is 0 Å². The second kappa shape index (κ2) is 9.18. The third kappa shape index (κ3) is 5.54. The SMILES string of the molecule is CCNc1nc(C)cc(Nc2ccc(NC(=O)CCc3c(C)noc3C)cc2)n1. The molecule has 0 saturated heterocycles. The zero-order valence-corrected chi connectivity index (χ0v) is 17.2. The molecular formula is C21H26N6O2. The standard InChI is InChI=1S/C21H26N6O2/c1-5-22-21-23-13(2)12-19(26-21)24-16-6-8-17(9-7-16)25-20(28)11-10-18-14(3)27-29-15(18)4/h6-9,12H,5,10-11H2,1-4H3,(H,25,28)(H2,22,23,24,26). The van der Waals surface area contributed by atoms with Crippen LogP contribution in [-0.4, -0.2) is 27.6 Å². The maximum absolute atomic E-state index is 12.2. The zero-order valence-electron chi connectivity index (χ0n) is 17.2. The van der Waals surface area contributed by atoms with E-state index < -0.39 is 0 Å². The number of amides is 1. The fourth-order valence-corrected chi connectivity index (χ4v) is 2.98. The summed E-state index contributed by atoms with van der Waals surface area (Å²) in [7, 11) is 0. The van der Waals surface area contributed by atoms with E-state index in [4.69, 9.17) is 4.52 Å². The lowest BCUT2D eigenvalue weighted by atomic mass is 10.1. The average Bonchev–Trinajstić information content (AvgIpc) is 2.99. The van der Waals surface area contributed by atoms with Crippen molar-refractivity contribution in [2.75, 3.05) is 22.5 Å². The van der Waals surface area contributed by atoms with E-state index in [1.54, 1.807) is 0 Å². The molecule has 0 spiro atoms. The van der Waals surface area contributed by atoms with Crippen LogP contribution in [0.25, 0.3) is 0 Å². The van der Waals surface area contributed by atoms with Crippen molar-refractivity contribution < 1.29 is 9.32 Å². The molecule has 8 heteroatoms. The van der Waals surface area contributed by atoms with Crippen molar-refractivity contribution in [2.24, 2.45) is 0 Å². The molecule has 3 aromatic rings. The molecule has 29 heavy (non-hydrogen) atoms. The molecule has 0 radical (unpaired) electrons. The van der Waals surface area contributed by atoms with Crippen LogP contribution in [0.5, 0.6) is 0 Å². The molecule has 2 heterocycles. The van der Waals surface area contributed by atoms with Gasteiger partial charge in [0.1, 0.15) is 11.6 Å². The number of hydrogen-bond acceptors (Lipinski definition) is 7. The number of rotatable bonds is 8. The predicted octanol–water partition coefficient (Wildman–Crippen LogP) is 4.14. The van der Waals surface area contributed by atoms with Gasteiger partial charge < -0.3 is 20.5 Å². The van der Waals surface area contributed by atoms with Gasteiger partial charge in [-0.05, 0) is 58.4 Å². The topological polar surface area (TPSA) is 105 Å². The second-order valence-electron chi connectivity index (χ2n) is 6.80. The highest BCUT2D eigenvalue weighted by molar-refractivity contribution is 5.91. The van der Waals surface area contributed by atoms with Gasteiger partial charge in [-0.1, -0.05) is 5.16 Å². The molecule has 8 nitrogen and oxygen atoms in total. The Balaban J connectivity index is 1.56. The summed E-state index contributed by atoms with van der Waals surface area (Å²) in [4.78, 5) is 21.0. The van der Waals surface area contributed by atoms with Crippen molar-refractivity contribution in [1.82, 2.24) is 15.1 Å². The molecule has 1 aromatic carbocycles. The van der Waals surface area contributed by atoms with E-state index in [0.717, 1.165) is 40.6 Å². The summed E-state index contributed by atoms with van der Waals surface area (Å²) in [6.07, 6.45) is 0.976. The van der Waals surface area contributed by atoms with Crippen LogP contribution >= 0.6 is 0 Å². The van der Waals surface area contributed by atoms with E-state index in [2.05, 4.69) is 31.1 Å². The van der Waals surface area contributed by atoms with Gasteiger partial charge in [0.2, 0.25) is 11.9 Å².